The number of halogens is 1. The van der Waals surface area contributed by atoms with E-state index in [9.17, 15) is 0 Å². The van der Waals surface area contributed by atoms with Gasteiger partial charge in [0.1, 0.15) is 11.3 Å². The van der Waals surface area contributed by atoms with E-state index in [1.807, 2.05) is 30.1 Å². The second-order valence-corrected chi connectivity index (χ2v) is 5.06. The largest absolute Gasteiger partial charge is 0.336 e. The number of rotatable bonds is 4. The summed E-state index contributed by atoms with van der Waals surface area (Å²) in [5.41, 5.74) is 1.95. The predicted octanol–water partition coefficient (Wildman–Crippen LogP) is 2.63. The van der Waals surface area contributed by atoms with Crippen molar-refractivity contribution in [3.05, 3.63) is 43.0 Å². The summed E-state index contributed by atoms with van der Waals surface area (Å²) in [7, 11) is 0. The first-order chi connectivity index (χ1) is 9.25. The Kier molecular flexibility index (Phi) is 3.21. The SMILES string of the molecule is CC(Cl)c1nc2cnccc2n1CCn1ccnc1. The van der Waals surface area contributed by atoms with Crippen LogP contribution in [-0.2, 0) is 13.1 Å². The Hall–Kier alpha value is -1.88. The topological polar surface area (TPSA) is 48.5 Å². The van der Waals surface area contributed by atoms with Gasteiger partial charge < -0.3 is 9.13 Å². The number of pyridine rings is 1. The molecule has 0 saturated heterocycles. The highest BCUT2D eigenvalue weighted by molar-refractivity contribution is 6.20. The number of imidazole rings is 2. The van der Waals surface area contributed by atoms with Crippen molar-refractivity contribution in [2.24, 2.45) is 0 Å². The van der Waals surface area contributed by atoms with Crippen molar-refractivity contribution in [1.29, 1.82) is 0 Å². The van der Waals surface area contributed by atoms with Gasteiger partial charge in [0.25, 0.3) is 0 Å². The van der Waals surface area contributed by atoms with Crippen LogP contribution >= 0.6 is 11.6 Å². The van der Waals surface area contributed by atoms with E-state index in [2.05, 4.69) is 19.5 Å². The van der Waals surface area contributed by atoms with Gasteiger partial charge in [0.15, 0.2) is 0 Å². The Morgan fingerprint density at radius 3 is 2.89 bits per heavy atom. The molecule has 0 spiro atoms. The van der Waals surface area contributed by atoms with Crippen molar-refractivity contribution < 1.29 is 0 Å². The molecule has 0 N–H and O–H groups in total. The molecule has 0 radical (unpaired) electrons. The summed E-state index contributed by atoms with van der Waals surface area (Å²) in [5, 5.41) is -0.129. The number of aromatic nitrogens is 5. The zero-order valence-corrected chi connectivity index (χ0v) is 11.3. The van der Waals surface area contributed by atoms with Crippen LogP contribution in [0.4, 0.5) is 0 Å². The molecular formula is C13H14ClN5. The molecule has 0 bridgehead atoms. The van der Waals surface area contributed by atoms with Crippen LogP contribution in [0.5, 0.6) is 0 Å². The van der Waals surface area contributed by atoms with E-state index in [1.165, 1.54) is 0 Å². The van der Waals surface area contributed by atoms with Gasteiger partial charge in [-0.1, -0.05) is 0 Å². The second kappa shape index (κ2) is 5.01. The molecule has 98 valence electrons. The number of hydrogen-bond donors (Lipinski definition) is 0. The third-order valence-electron chi connectivity index (χ3n) is 3.08. The van der Waals surface area contributed by atoms with Crippen LogP contribution in [0.1, 0.15) is 18.1 Å². The van der Waals surface area contributed by atoms with Crippen molar-refractivity contribution in [3.8, 4) is 0 Å². The van der Waals surface area contributed by atoms with Gasteiger partial charge in [-0.15, -0.1) is 11.6 Å². The van der Waals surface area contributed by atoms with Gasteiger partial charge >= 0.3 is 0 Å². The van der Waals surface area contributed by atoms with Crippen LogP contribution < -0.4 is 0 Å². The van der Waals surface area contributed by atoms with Crippen LogP contribution in [-0.4, -0.2) is 24.1 Å². The van der Waals surface area contributed by atoms with E-state index in [4.69, 9.17) is 11.6 Å². The third kappa shape index (κ3) is 2.33. The zero-order valence-electron chi connectivity index (χ0n) is 10.6. The Bertz CT molecular complexity index is 671. The van der Waals surface area contributed by atoms with Crippen molar-refractivity contribution in [2.45, 2.75) is 25.4 Å². The lowest BCUT2D eigenvalue weighted by Gasteiger charge is -2.10. The van der Waals surface area contributed by atoms with Gasteiger partial charge in [0, 0.05) is 31.7 Å². The zero-order chi connectivity index (χ0) is 13.2. The number of fused-ring (bicyclic) bond motifs is 1. The van der Waals surface area contributed by atoms with E-state index >= 15 is 0 Å². The fraction of sp³-hybridized carbons (Fsp3) is 0.308. The average molecular weight is 276 g/mol. The lowest BCUT2D eigenvalue weighted by Crippen LogP contribution is -2.09. The van der Waals surface area contributed by atoms with E-state index in [1.54, 1.807) is 18.6 Å². The minimum absolute atomic E-state index is 0.129. The molecule has 0 aliphatic heterocycles. The first kappa shape index (κ1) is 12.2. The molecule has 1 unspecified atom stereocenters. The molecule has 1 atom stereocenters. The summed E-state index contributed by atoms with van der Waals surface area (Å²) in [4.78, 5) is 12.7. The normalized spacial score (nSPS) is 12.9. The summed E-state index contributed by atoms with van der Waals surface area (Å²) in [6, 6.07) is 1.97. The highest BCUT2D eigenvalue weighted by Crippen LogP contribution is 2.23. The van der Waals surface area contributed by atoms with Crippen LogP contribution in [0, 0.1) is 0 Å². The summed E-state index contributed by atoms with van der Waals surface area (Å²) in [6.07, 6.45) is 9.09. The summed E-state index contributed by atoms with van der Waals surface area (Å²) >= 11 is 6.22. The van der Waals surface area contributed by atoms with Gasteiger partial charge in [-0.2, -0.15) is 0 Å². The molecule has 0 fully saturated rings. The van der Waals surface area contributed by atoms with Gasteiger partial charge in [0.2, 0.25) is 0 Å². The quantitative estimate of drug-likeness (QED) is 0.688. The van der Waals surface area contributed by atoms with Crippen LogP contribution in [0.25, 0.3) is 11.0 Å². The summed E-state index contributed by atoms with van der Waals surface area (Å²) in [5.74, 6) is 0.879. The molecule has 0 aliphatic carbocycles. The van der Waals surface area contributed by atoms with E-state index in [0.29, 0.717) is 0 Å². The van der Waals surface area contributed by atoms with Crippen molar-refractivity contribution in [2.75, 3.05) is 0 Å². The average Bonchev–Trinajstić information content (AvgIpc) is 3.03. The second-order valence-electron chi connectivity index (χ2n) is 4.40. The van der Waals surface area contributed by atoms with E-state index in [0.717, 1.165) is 29.9 Å². The molecule has 3 aromatic rings. The number of aryl methyl sites for hydroxylation is 2. The first-order valence-electron chi connectivity index (χ1n) is 6.15. The number of alkyl halides is 1. The molecule has 3 aromatic heterocycles. The van der Waals surface area contributed by atoms with Crippen LogP contribution in [0.15, 0.2) is 37.2 Å². The van der Waals surface area contributed by atoms with E-state index < -0.39 is 0 Å². The monoisotopic (exact) mass is 275 g/mol. The molecule has 19 heavy (non-hydrogen) atoms. The molecule has 3 rings (SSSR count). The smallest absolute Gasteiger partial charge is 0.127 e. The molecule has 5 nitrogen and oxygen atoms in total. The standard InChI is InChI=1S/C13H14ClN5/c1-10(14)13-17-11-8-15-3-2-12(11)19(13)7-6-18-5-4-16-9-18/h2-5,8-10H,6-7H2,1H3. The lowest BCUT2D eigenvalue weighted by molar-refractivity contribution is 0.569. The number of nitrogens with zero attached hydrogens (tertiary/aromatic N) is 5. The molecular weight excluding hydrogens is 262 g/mol. The van der Waals surface area contributed by atoms with Crippen molar-refractivity contribution in [3.63, 3.8) is 0 Å². The Morgan fingerprint density at radius 1 is 1.26 bits per heavy atom. The van der Waals surface area contributed by atoms with Crippen molar-refractivity contribution >= 4 is 22.6 Å². The minimum atomic E-state index is -0.129. The molecule has 0 amide bonds. The summed E-state index contributed by atoms with van der Waals surface area (Å²) in [6.45, 7) is 3.58. The first-order valence-corrected chi connectivity index (χ1v) is 6.59. The third-order valence-corrected chi connectivity index (χ3v) is 3.27. The molecule has 3 heterocycles. The minimum Gasteiger partial charge on any atom is -0.336 e. The maximum absolute atomic E-state index is 6.22. The van der Waals surface area contributed by atoms with E-state index in [-0.39, 0.29) is 5.38 Å². The lowest BCUT2D eigenvalue weighted by atomic mass is 10.4. The molecule has 0 saturated carbocycles. The Morgan fingerprint density at radius 2 is 2.16 bits per heavy atom. The van der Waals surface area contributed by atoms with Gasteiger partial charge in [-0.3, -0.25) is 4.98 Å². The maximum atomic E-state index is 6.22. The highest BCUT2D eigenvalue weighted by Gasteiger charge is 2.14. The number of hydrogen-bond acceptors (Lipinski definition) is 3. The summed E-state index contributed by atoms with van der Waals surface area (Å²) < 4.78 is 4.18. The fourth-order valence-corrected chi connectivity index (χ4v) is 2.34. The van der Waals surface area contributed by atoms with Crippen LogP contribution in [0.3, 0.4) is 0 Å². The van der Waals surface area contributed by atoms with Crippen LogP contribution in [0.2, 0.25) is 0 Å². The fourth-order valence-electron chi connectivity index (χ4n) is 2.17. The van der Waals surface area contributed by atoms with Gasteiger partial charge in [0.05, 0.1) is 23.4 Å². The molecule has 6 heteroatoms. The molecule has 0 aliphatic rings. The Balaban J connectivity index is 1.97. The Labute approximate surface area is 115 Å². The predicted molar refractivity (Wildman–Crippen MR) is 74.0 cm³/mol. The molecule has 0 aromatic carbocycles. The van der Waals surface area contributed by atoms with Gasteiger partial charge in [-0.05, 0) is 13.0 Å². The van der Waals surface area contributed by atoms with Crippen molar-refractivity contribution in [1.82, 2.24) is 24.1 Å². The van der Waals surface area contributed by atoms with Gasteiger partial charge in [-0.25, -0.2) is 9.97 Å². The maximum Gasteiger partial charge on any atom is 0.127 e. The highest BCUT2D eigenvalue weighted by atomic mass is 35.5.